The Labute approximate surface area is 206 Å². The van der Waals surface area contributed by atoms with Crippen molar-refractivity contribution in [1.82, 2.24) is 0 Å². The van der Waals surface area contributed by atoms with E-state index in [9.17, 15) is 4.39 Å². The van der Waals surface area contributed by atoms with Gasteiger partial charge in [-0.2, -0.15) is 0 Å². The molecule has 3 aliphatic rings. The molecule has 34 heavy (non-hydrogen) atoms. The Hall–Kier alpha value is -1.48. The summed E-state index contributed by atoms with van der Waals surface area (Å²) in [6, 6.07) is 3.71. The molecule has 2 fully saturated rings. The maximum Gasteiger partial charge on any atom is 0.162 e. The highest BCUT2D eigenvalue weighted by Gasteiger charge is 2.31. The summed E-state index contributed by atoms with van der Waals surface area (Å²) in [6.45, 7) is 5.15. The van der Waals surface area contributed by atoms with Crippen molar-refractivity contribution in [3.8, 4) is 0 Å². The third-order valence-corrected chi connectivity index (χ3v) is 8.80. The molecule has 0 heterocycles. The fourth-order valence-electron chi connectivity index (χ4n) is 6.54. The van der Waals surface area contributed by atoms with Crippen molar-refractivity contribution >= 4 is 0 Å². The van der Waals surface area contributed by atoms with Crippen LogP contribution in [0, 0.1) is 35.3 Å². The van der Waals surface area contributed by atoms with Gasteiger partial charge in [0.25, 0.3) is 0 Å². The highest BCUT2D eigenvalue weighted by atomic mass is 19.2. The van der Waals surface area contributed by atoms with Gasteiger partial charge in [-0.1, -0.05) is 56.2 Å². The second kappa shape index (κ2) is 12.5. The third kappa shape index (κ3) is 6.59. The average molecular weight is 471 g/mol. The number of ether oxygens (including phenoxy) is 1. The first-order chi connectivity index (χ1) is 16.5. The molecule has 3 aliphatic carbocycles. The minimum Gasteiger partial charge on any atom is -0.374 e. The SMILES string of the molecule is CCOC1C=CC(C2CCC(c3ccc(CC/C=C/C4CCC(C)CC4)c(F)c3F)CC2)CC1. The lowest BCUT2D eigenvalue weighted by molar-refractivity contribution is 0.0762. The lowest BCUT2D eigenvalue weighted by Gasteiger charge is -2.35. The average Bonchev–Trinajstić information content (AvgIpc) is 2.86. The summed E-state index contributed by atoms with van der Waals surface area (Å²) in [7, 11) is 0. The topological polar surface area (TPSA) is 9.23 Å². The Morgan fingerprint density at radius 2 is 1.65 bits per heavy atom. The van der Waals surface area contributed by atoms with Gasteiger partial charge in [-0.25, -0.2) is 8.78 Å². The van der Waals surface area contributed by atoms with Crippen LogP contribution in [0.3, 0.4) is 0 Å². The van der Waals surface area contributed by atoms with Crippen LogP contribution in [0.25, 0.3) is 0 Å². The lowest BCUT2D eigenvalue weighted by atomic mass is 9.71. The van der Waals surface area contributed by atoms with E-state index >= 15 is 4.39 Å². The predicted molar refractivity (Wildman–Crippen MR) is 137 cm³/mol. The second-order valence-electron chi connectivity index (χ2n) is 11.2. The number of hydrogen-bond acceptors (Lipinski definition) is 1. The second-order valence-corrected chi connectivity index (χ2v) is 11.2. The largest absolute Gasteiger partial charge is 0.374 e. The molecule has 1 nitrogen and oxygen atoms in total. The van der Waals surface area contributed by atoms with E-state index in [0.29, 0.717) is 35.3 Å². The van der Waals surface area contributed by atoms with Crippen LogP contribution in [0.4, 0.5) is 8.78 Å². The Bertz CT molecular complexity index is 828. The smallest absolute Gasteiger partial charge is 0.162 e. The molecular formula is C31H44F2O. The molecule has 2 unspecified atom stereocenters. The van der Waals surface area contributed by atoms with E-state index in [-0.39, 0.29) is 12.0 Å². The fourth-order valence-corrected chi connectivity index (χ4v) is 6.54. The molecule has 0 N–H and O–H groups in total. The summed E-state index contributed by atoms with van der Waals surface area (Å²) in [5.74, 6) is 1.75. The summed E-state index contributed by atoms with van der Waals surface area (Å²) in [5, 5.41) is 0. The molecular weight excluding hydrogens is 426 g/mol. The molecule has 0 saturated heterocycles. The van der Waals surface area contributed by atoms with Gasteiger partial charge in [0, 0.05) is 6.61 Å². The van der Waals surface area contributed by atoms with Gasteiger partial charge in [-0.15, -0.1) is 0 Å². The number of hydrogen-bond donors (Lipinski definition) is 0. The quantitative estimate of drug-likeness (QED) is 0.345. The van der Waals surface area contributed by atoms with Gasteiger partial charge in [0.1, 0.15) is 0 Å². The van der Waals surface area contributed by atoms with E-state index in [2.05, 4.69) is 31.2 Å². The molecule has 0 aliphatic heterocycles. The van der Waals surface area contributed by atoms with Crippen LogP contribution < -0.4 is 0 Å². The highest BCUT2D eigenvalue weighted by molar-refractivity contribution is 5.30. The van der Waals surface area contributed by atoms with E-state index in [1.54, 1.807) is 0 Å². The third-order valence-electron chi connectivity index (χ3n) is 8.80. The van der Waals surface area contributed by atoms with E-state index in [1.807, 2.05) is 19.1 Å². The van der Waals surface area contributed by atoms with Crippen molar-refractivity contribution in [2.24, 2.45) is 23.7 Å². The van der Waals surface area contributed by atoms with Gasteiger partial charge in [0.2, 0.25) is 0 Å². The summed E-state index contributed by atoms with van der Waals surface area (Å²) < 4.78 is 35.6. The van der Waals surface area contributed by atoms with Crippen molar-refractivity contribution < 1.29 is 13.5 Å². The van der Waals surface area contributed by atoms with Crippen LogP contribution in [0.1, 0.15) is 102 Å². The maximum atomic E-state index is 15.0. The van der Waals surface area contributed by atoms with E-state index in [4.69, 9.17) is 4.74 Å². The number of benzene rings is 1. The molecule has 0 amide bonds. The monoisotopic (exact) mass is 470 g/mol. The minimum atomic E-state index is -0.614. The zero-order valence-electron chi connectivity index (χ0n) is 21.3. The molecule has 1 aromatic rings. The van der Waals surface area contributed by atoms with E-state index in [0.717, 1.165) is 51.0 Å². The molecule has 188 valence electrons. The van der Waals surface area contributed by atoms with Crippen molar-refractivity contribution in [2.75, 3.05) is 6.61 Å². The zero-order valence-corrected chi connectivity index (χ0v) is 21.3. The summed E-state index contributed by atoms with van der Waals surface area (Å²) in [4.78, 5) is 0. The van der Waals surface area contributed by atoms with Gasteiger partial charge in [-0.05, 0) is 112 Å². The molecule has 4 rings (SSSR count). The standard InChI is InChI=1S/C31H44F2O/c1-3-34-28-19-16-25(17-20-28)24-12-14-26(15-13-24)29-21-18-27(30(32)31(29)33)7-5-4-6-23-10-8-22(2)9-11-23/h4,6,16,18-19,21-26,28H,3,5,7-15,17,20H2,1-2H3/b6-4+. The van der Waals surface area contributed by atoms with E-state index < -0.39 is 11.6 Å². The lowest BCUT2D eigenvalue weighted by Crippen LogP contribution is -2.25. The first-order valence-corrected chi connectivity index (χ1v) is 14.0. The summed E-state index contributed by atoms with van der Waals surface area (Å²) in [6.07, 6.45) is 22.3. The molecule has 3 heteroatoms. The van der Waals surface area contributed by atoms with Crippen LogP contribution >= 0.6 is 0 Å². The molecule has 0 aromatic heterocycles. The fraction of sp³-hybridized carbons (Fsp3) is 0.677. The van der Waals surface area contributed by atoms with Crippen LogP contribution in [0.2, 0.25) is 0 Å². The van der Waals surface area contributed by atoms with Crippen LogP contribution in [0.5, 0.6) is 0 Å². The van der Waals surface area contributed by atoms with Gasteiger partial charge in [0.15, 0.2) is 11.6 Å². The number of aryl methyl sites for hydroxylation is 1. The normalized spacial score (nSPS) is 32.4. The predicted octanol–water partition coefficient (Wildman–Crippen LogP) is 8.93. The molecule has 2 saturated carbocycles. The Kier molecular flexibility index (Phi) is 9.39. The van der Waals surface area contributed by atoms with Gasteiger partial charge in [-0.3, -0.25) is 0 Å². The maximum absolute atomic E-state index is 15.0. The number of halogens is 2. The first-order valence-electron chi connectivity index (χ1n) is 14.0. The number of rotatable bonds is 8. The Morgan fingerprint density at radius 1 is 0.882 bits per heavy atom. The molecule has 0 radical (unpaired) electrons. The van der Waals surface area contributed by atoms with Crippen molar-refractivity contribution in [2.45, 2.75) is 103 Å². The van der Waals surface area contributed by atoms with Gasteiger partial charge >= 0.3 is 0 Å². The number of allylic oxidation sites excluding steroid dienone is 3. The van der Waals surface area contributed by atoms with Crippen LogP contribution in [-0.2, 0) is 11.2 Å². The van der Waals surface area contributed by atoms with Crippen molar-refractivity contribution in [3.63, 3.8) is 0 Å². The summed E-state index contributed by atoms with van der Waals surface area (Å²) >= 11 is 0. The molecule has 0 spiro atoms. The van der Waals surface area contributed by atoms with E-state index in [1.165, 1.54) is 32.1 Å². The van der Waals surface area contributed by atoms with Crippen molar-refractivity contribution in [1.29, 1.82) is 0 Å². The Balaban J connectivity index is 1.26. The molecule has 1 aromatic carbocycles. The first kappa shape index (κ1) is 25.6. The van der Waals surface area contributed by atoms with Crippen LogP contribution in [0.15, 0.2) is 36.4 Å². The van der Waals surface area contributed by atoms with Crippen LogP contribution in [-0.4, -0.2) is 12.7 Å². The zero-order chi connectivity index (χ0) is 23.9. The van der Waals surface area contributed by atoms with Crippen molar-refractivity contribution in [3.05, 3.63) is 59.2 Å². The van der Waals surface area contributed by atoms with Gasteiger partial charge < -0.3 is 4.74 Å². The summed E-state index contributed by atoms with van der Waals surface area (Å²) in [5.41, 5.74) is 1.12. The minimum absolute atomic E-state index is 0.150. The van der Waals surface area contributed by atoms with Gasteiger partial charge in [0.05, 0.1) is 6.10 Å². The molecule has 2 atom stereocenters. The molecule has 0 bridgehead atoms. The Morgan fingerprint density at radius 3 is 2.32 bits per heavy atom. The highest BCUT2D eigenvalue weighted by Crippen LogP contribution is 2.42.